The molecule has 0 radical (unpaired) electrons. The number of aliphatic carboxylic acids is 1. The number of thioether (sulfide) groups is 1. The SMILES string of the molecule is CO/N=C(\C(=O)N[C@@H]1C(=O)N2C(C(=O)O)=C(Cn3c[n+](C)c4c3CCCC4)CS[C@H]12)c1csc(N)n1. The van der Waals surface area contributed by atoms with Gasteiger partial charge in [-0.3, -0.25) is 14.5 Å². The van der Waals surface area contributed by atoms with Gasteiger partial charge in [0, 0.05) is 29.5 Å². The molecule has 4 N–H and O–H groups in total. The predicted molar refractivity (Wildman–Crippen MR) is 132 cm³/mol. The molecule has 190 valence electrons. The summed E-state index contributed by atoms with van der Waals surface area (Å²) in [6, 6.07) is -0.895. The third-order valence-corrected chi connectivity index (χ3v) is 8.57. The van der Waals surface area contributed by atoms with Crippen molar-refractivity contribution in [3.05, 3.63) is 40.1 Å². The lowest BCUT2D eigenvalue weighted by Gasteiger charge is -2.49. The van der Waals surface area contributed by atoms with E-state index in [1.807, 2.05) is 13.4 Å². The molecule has 0 saturated carbocycles. The largest absolute Gasteiger partial charge is 0.477 e. The molecule has 3 aliphatic rings. The number of rotatable bonds is 7. The van der Waals surface area contributed by atoms with Gasteiger partial charge in [-0.1, -0.05) is 5.16 Å². The Kier molecular flexibility index (Phi) is 6.47. The Bertz CT molecular complexity index is 1310. The van der Waals surface area contributed by atoms with Crippen LogP contribution < -0.4 is 15.6 Å². The number of imidazole rings is 1. The summed E-state index contributed by atoms with van der Waals surface area (Å²) < 4.78 is 4.20. The fraction of sp³-hybridized carbons (Fsp3) is 0.455. The molecule has 2 aromatic rings. The zero-order valence-electron chi connectivity index (χ0n) is 19.8. The Hall–Kier alpha value is -3.39. The van der Waals surface area contributed by atoms with E-state index in [4.69, 9.17) is 10.6 Å². The van der Waals surface area contributed by atoms with Gasteiger partial charge >= 0.3 is 5.97 Å². The van der Waals surface area contributed by atoms with E-state index in [-0.39, 0.29) is 22.2 Å². The fourth-order valence-corrected chi connectivity index (χ4v) is 6.84. The van der Waals surface area contributed by atoms with Crippen molar-refractivity contribution < 1.29 is 28.9 Å². The minimum Gasteiger partial charge on any atom is -0.477 e. The molecule has 1 saturated heterocycles. The lowest BCUT2D eigenvalue weighted by Crippen LogP contribution is -2.71. The number of nitrogens with zero attached hydrogens (tertiary/aromatic N) is 5. The standard InChI is InChI=1S/C22H25N7O5S2/c1-27-10-28(14-6-4-3-5-13(14)27)7-11-8-35-20-16(19(31)29(20)17(11)21(32)33)25-18(30)15(26-34-2)12-9-36-22(23)24-12/h9-10,16,20H,3-8H2,1-2H3,(H3-,23,24,25,30,32,33)/p+1/b26-15-/t16-,20-/m1/s1. The molecule has 0 aromatic carbocycles. The second-order valence-corrected chi connectivity index (χ2v) is 10.8. The Morgan fingerprint density at radius 3 is 2.86 bits per heavy atom. The maximum atomic E-state index is 13.1. The number of carboxylic acids is 1. The lowest BCUT2D eigenvalue weighted by molar-refractivity contribution is -0.678. The van der Waals surface area contributed by atoms with E-state index < -0.39 is 29.2 Å². The molecule has 1 aliphatic carbocycles. The first-order valence-electron chi connectivity index (χ1n) is 11.4. The zero-order chi connectivity index (χ0) is 25.6. The van der Waals surface area contributed by atoms with Gasteiger partial charge < -0.3 is 21.0 Å². The molecule has 0 unspecified atom stereocenters. The maximum absolute atomic E-state index is 13.1. The molecule has 5 rings (SSSR count). The molecule has 14 heteroatoms. The van der Waals surface area contributed by atoms with E-state index in [0.717, 1.165) is 37.0 Å². The first-order chi connectivity index (χ1) is 17.3. The summed E-state index contributed by atoms with van der Waals surface area (Å²) in [5.41, 5.74) is 8.94. The second kappa shape index (κ2) is 9.58. The monoisotopic (exact) mass is 532 g/mol. The number of nitrogens with two attached hydrogens (primary N) is 1. The minimum absolute atomic E-state index is 0.00628. The van der Waals surface area contributed by atoms with Crippen molar-refractivity contribution in [2.24, 2.45) is 12.2 Å². The fourth-order valence-electron chi connectivity index (χ4n) is 4.96. The number of thiazole rings is 1. The number of aryl methyl sites for hydroxylation is 1. The van der Waals surface area contributed by atoms with Crippen LogP contribution in [0.3, 0.4) is 0 Å². The van der Waals surface area contributed by atoms with Gasteiger partial charge in [0.15, 0.2) is 10.8 Å². The highest BCUT2D eigenvalue weighted by molar-refractivity contribution is 8.00. The number of hydrogen-bond donors (Lipinski definition) is 3. The van der Waals surface area contributed by atoms with Crippen molar-refractivity contribution in [1.82, 2.24) is 19.8 Å². The molecule has 12 nitrogen and oxygen atoms in total. The van der Waals surface area contributed by atoms with Crippen molar-refractivity contribution in [2.45, 2.75) is 43.6 Å². The van der Waals surface area contributed by atoms with E-state index in [9.17, 15) is 19.5 Å². The van der Waals surface area contributed by atoms with Crippen molar-refractivity contribution in [2.75, 3.05) is 18.6 Å². The molecular weight excluding hydrogens is 506 g/mol. The smallest absolute Gasteiger partial charge is 0.352 e. The molecule has 1 fully saturated rings. The van der Waals surface area contributed by atoms with Crippen LogP contribution in [-0.2, 0) is 45.7 Å². The van der Waals surface area contributed by atoms with E-state index in [0.29, 0.717) is 17.9 Å². The molecule has 2 aromatic heterocycles. The number of anilines is 1. The van der Waals surface area contributed by atoms with Crippen LogP contribution in [0.1, 0.15) is 29.9 Å². The molecule has 2 amide bonds. The summed E-state index contributed by atoms with van der Waals surface area (Å²) in [4.78, 5) is 48.4. The van der Waals surface area contributed by atoms with E-state index in [2.05, 4.69) is 24.6 Å². The summed E-state index contributed by atoms with van der Waals surface area (Å²) in [6.07, 6.45) is 6.21. The van der Waals surface area contributed by atoms with Crippen LogP contribution in [0.2, 0.25) is 0 Å². The van der Waals surface area contributed by atoms with Crippen LogP contribution in [0.15, 0.2) is 28.1 Å². The number of nitrogens with one attached hydrogen (secondary N) is 1. The van der Waals surface area contributed by atoms with Crippen molar-refractivity contribution >= 4 is 51.7 Å². The van der Waals surface area contributed by atoms with Crippen LogP contribution in [0.5, 0.6) is 0 Å². The number of β-lactam (4-membered cyclic amide) rings is 1. The van der Waals surface area contributed by atoms with E-state index in [1.165, 1.54) is 35.2 Å². The summed E-state index contributed by atoms with van der Waals surface area (Å²) >= 11 is 2.57. The highest BCUT2D eigenvalue weighted by Gasteiger charge is 2.54. The quantitative estimate of drug-likeness (QED) is 0.195. The summed E-state index contributed by atoms with van der Waals surface area (Å²) in [7, 11) is 3.30. The van der Waals surface area contributed by atoms with Gasteiger partial charge in [0.1, 0.15) is 47.8 Å². The minimum atomic E-state index is -1.15. The van der Waals surface area contributed by atoms with E-state index in [1.54, 1.807) is 5.38 Å². The lowest BCUT2D eigenvalue weighted by atomic mass is 10.00. The molecule has 2 aliphatic heterocycles. The summed E-state index contributed by atoms with van der Waals surface area (Å²) in [5, 5.41) is 17.7. The Morgan fingerprint density at radius 1 is 1.39 bits per heavy atom. The van der Waals surface area contributed by atoms with Gasteiger partial charge in [0.2, 0.25) is 6.33 Å². The van der Waals surface area contributed by atoms with E-state index >= 15 is 0 Å². The van der Waals surface area contributed by atoms with Crippen molar-refractivity contribution in [3.63, 3.8) is 0 Å². The number of amides is 2. The topological polar surface area (TPSA) is 156 Å². The van der Waals surface area contributed by atoms with Crippen molar-refractivity contribution in [3.8, 4) is 0 Å². The summed E-state index contributed by atoms with van der Waals surface area (Å²) in [6.45, 7) is 0.404. The van der Waals surface area contributed by atoms with Gasteiger partial charge in [-0.15, -0.1) is 23.1 Å². The van der Waals surface area contributed by atoms with Crippen molar-refractivity contribution in [1.29, 1.82) is 0 Å². The normalized spacial score (nSPS) is 21.6. The number of hydrogen-bond acceptors (Lipinski definition) is 9. The van der Waals surface area contributed by atoms with Crippen LogP contribution in [-0.4, -0.2) is 67.3 Å². The first-order valence-corrected chi connectivity index (χ1v) is 13.3. The third kappa shape index (κ3) is 4.13. The number of carbonyl (C=O) groups is 3. The number of fused-ring (bicyclic) bond motifs is 2. The number of carbonyl (C=O) groups excluding carboxylic acids is 2. The Balaban J connectivity index is 1.36. The van der Waals surface area contributed by atoms with Crippen LogP contribution in [0.4, 0.5) is 5.13 Å². The number of oxime groups is 1. The van der Waals surface area contributed by atoms with Gasteiger partial charge in [0.05, 0.1) is 7.05 Å². The van der Waals surface area contributed by atoms with Gasteiger partial charge in [-0.05, 0) is 12.8 Å². The number of aromatic nitrogens is 3. The number of carboxylic acid groups (broad SMARTS) is 1. The molecule has 0 bridgehead atoms. The summed E-state index contributed by atoms with van der Waals surface area (Å²) in [5.74, 6) is -1.86. The maximum Gasteiger partial charge on any atom is 0.352 e. The second-order valence-electron chi connectivity index (χ2n) is 8.77. The van der Waals surface area contributed by atoms with Gasteiger partial charge in [-0.2, -0.15) is 0 Å². The highest BCUT2D eigenvalue weighted by atomic mass is 32.2. The Morgan fingerprint density at radius 2 is 2.17 bits per heavy atom. The first kappa shape index (κ1) is 24.3. The number of nitrogen functional groups attached to an aromatic ring is 1. The molecular formula is C22H26N7O5S2+. The van der Waals surface area contributed by atoms with Crippen LogP contribution in [0, 0.1) is 0 Å². The molecule has 2 atom stereocenters. The predicted octanol–water partition coefficient (Wildman–Crippen LogP) is 0.0194. The Labute approximate surface area is 214 Å². The average molecular weight is 533 g/mol. The average Bonchev–Trinajstić information content (AvgIpc) is 3.43. The van der Waals surface area contributed by atoms with Gasteiger partial charge in [-0.25, -0.2) is 18.9 Å². The zero-order valence-corrected chi connectivity index (χ0v) is 21.4. The molecule has 0 spiro atoms. The third-order valence-electron chi connectivity index (χ3n) is 6.56. The highest BCUT2D eigenvalue weighted by Crippen LogP contribution is 2.41. The van der Waals surface area contributed by atoms with Gasteiger partial charge in [0.25, 0.3) is 11.8 Å². The van der Waals surface area contributed by atoms with Crippen LogP contribution in [0.25, 0.3) is 0 Å². The molecule has 36 heavy (non-hydrogen) atoms. The van der Waals surface area contributed by atoms with Crippen LogP contribution >= 0.6 is 23.1 Å². The molecule has 4 heterocycles.